The highest BCUT2D eigenvalue weighted by Gasteiger charge is 1.86. The normalized spacial score (nSPS) is 11.3. The lowest BCUT2D eigenvalue weighted by atomic mass is 10.2. The van der Waals surface area contributed by atoms with Crippen LogP contribution in [0.5, 0.6) is 0 Å². The standard InChI is InChI=1S/C12H24O2/c1-13-11-9-7-5-3-4-6-8-10-12-14-2/h3-4H,5-12H2,1-2H3. The van der Waals surface area contributed by atoms with Crippen LogP contribution in [0.1, 0.15) is 38.5 Å². The number of ether oxygens (including phenoxy) is 2. The van der Waals surface area contributed by atoms with Gasteiger partial charge in [-0.25, -0.2) is 0 Å². The van der Waals surface area contributed by atoms with E-state index in [1.807, 2.05) is 0 Å². The lowest BCUT2D eigenvalue weighted by molar-refractivity contribution is 0.193. The molecule has 0 radical (unpaired) electrons. The van der Waals surface area contributed by atoms with E-state index >= 15 is 0 Å². The minimum absolute atomic E-state index is 0.891. The summed E-state index contributed by atoms with van der Waals surface area (Å²) in [4.78, 5) is 0. The lowest BCUT2D eigenvalue weighted by Crippen LogP contribution is -1.87. The number of hydrogen-bond acceptors (Lipinski definition) is 2. The molecular formula is C12H24O2. The van der Waals surface area contributed by atoms with Crippen LogP contribution in [-0.2, 0) is 9.47 Å². The molecule has 84 valence electrons. The first kappa shape index (κ1) is 13.7. The average molecular weight is 200 g/mol. The molecule has 0 fully saturated rings. The molecule has 0 aliphatic carbocycles. The molecule has 0 aromatic heterocycles. The van der Waals surface area contributed by atoms with Gasteiger partial charge in [-0.1, -0.05) is 12.2 Å². The van der Waals surface area contributed by atoms with Gasteiger partial charge in [-0.05, 0) is 38.5 Å². The van der Waals surface area contributed by atoms with E-state index in [4.69, 9.17) is 9.47 Å². The molecule has 0 saturated heterocycles. The fourth-order valence-electron chi connectivity index (χ4n) is 1.25. The largest absolute Gasteiger partial charge is 0.385 e. The second-order valence-electron chi connectivity index (χ2n) is 3.45. The molecule has 0 spiro atoms. The number of methoxy groups -OCH3 is 2. The molecule has 2 nitrogen and oxygen atoms in total. The molecule has 0 atom stereocenters. The van der Waals surface area contributed by atoms with Gasteiger partial charge in [0.15, 0.2) is 0 Å². The van der Waals surface area contributed by atoms with Gasteiger partial charge in [0.25, 0.3) is 0 Å². The zero-order valence-electron chi connectivity index (χ0n) is 9.63. The van der Waals surface area contributed by atoms with E-state index in [0.717, 1.165) is 13.2 Å². The monoisotopic (exact) mass is 200 g/mol. The number of rotatable bonds is 10. The summed E-state index contributed by atoms with van der Waals surface area (Å²) in [6.45, 7) is 1.78. The van der Waals surface area contributed by atoms with Gasteiger partial charge >= 0.3 is 0 Å². The van der Waals surface area contributed by atoms with Crippen molar-refractivity contribution >= 4 is 0 Å². The molecule has 0 amide bonds. The molecule has 2 heteroatoms. The summed E-state index contributed by atoms with van der Waals surface area (Å²) in [5.41, 5.74) is 0. The Morgan fingerprint density at radius 1 is 0.714 bits per heavy atom. The minimum Gasteiger partial charge on any atom is -0.385 e. The predicted octanol–water partition coefficient (Wildman–Crippen LogP) is 3.18. The van der Waals surface area contributed by atoms with Crippen molar-refractivity contribution in [3.63, 3.8) is 0 Å². The molecule has 0 unspecified atom stereocenters. The van der Waals surface area contributed by atoms with E-state index < -0.39 is 0 Å². The van der Waals surface area contributed by atoms with Crippen LogP contribution in [0.2, 0.25) is 0 Å². The van der Waals surface area contributed by atoms with Gasteiger partial charge < -0.3 is 9.47 Å². The van der Waals surface area contributed by atoms with Crippen molar-refractivity contribution in [2.24, 2.45) is 0 Å². The van der Waals surface area contributed by atoms with Crippen molar-refractivity contribution in [1.82, 2.24) is 0 Å². The third-order valence-corrected chi connectivity index (χ3v) is 2.11. The van der Waals surface area contributed by atoms with E-state index in [1.54, 1.807) is 14.2 Å². The van der Waals surface area contributed by atoms with Crippen molar-refractivity contribution in [1.29, 1.82) is 0 Å². The maximum absolute atomic E-state index is 4.98. The summed E-state index contributed by atoms with van der Waals surface area (Å²) in [6.07, 6.45) is 11.8. The lowest BCUT2D eigenvalue weighted by Gasteiger charge is -1.96. The van der Waals surface area contributed by atoms with E-state index in [9.17, 15) is 0 Å². The van der Waals surface area contributed by atoms with Gasteiger partial charge in [-0.3, -0.25) is 0 Å². The van der Waals surface area contributed by atoms with E-state index in [2.05, 4.69) is 12.2 Å². The summed E-state index contributed by atoms with van der Waals surface area (Å²) < 4.78 is 9.95. The molecular weight excluding hydrogens is 176 g/mol. The SMILES string of the molecule is COCCCCC=CCCCCOC. The smallest absolute Gasteiger partial charge is 0.0462 e. The maximum atomic E-state index is 4.98. The van der Waals surface area contributed by atoms with Crippen molar-refractivity contribution in [3.05, 3.63) is 12.2 Å². The molecule has 0 saturated carbocycles. The Kier molecular flexibility index (Phi) is 12.4. The Hall–Kier alpha value is -0.340. The van der Waals surface area contributed by atoms with E-state index in [1.165, 1.54) is 38.5 Å². The Balaban J connectivity index is 2.96. The fraction of sp³-hybridized carbons (Fsp3) is 0.833. The highest BCUT2D eigenvalue weighted by Crippen LogP contribution is 2.00. The van der Waals surface area contributed by atoms with Crippen LogP contribution in [0.25, 0.3) is 0 Å². The number of unbranched alkanes of at least 4 members (excludes halogenated alkanes) is 4. The van der Waals surface area contributed by atoms with Gasteiger partial charge in [0.1, 0.15) is 0 Å². The minimum atomic E-state index is 0.891. The first-order chi connectivity index (χ1) is 6.91. The number of hydrogen-bond donors (Lipinski definition) is 0. The van der Waals surface area contributed by atoms with Crippen LogP contribution in [0.3, 0.4) is 0 Å². The van der Waals surface area contributed by atoms with Crippen LogP contribution in [0.4, 0.5) is 0 Å². The Morgan fingerprint density at radius 2 is 1.14 bits per heavy atom. The van der Waals surface area contributed by atoms with Crippen LogP contribution < -0.4 is 0 Å². The first-order valence-corrected chi connectivity index (χ1v) is 5.54. The molecule has 0 aromatic carbocycles. The molecule has 0 rings (SSSR count). The zero-order valence-corrected chi connectivity index (χ0v) is 9.63. The van der Waals surface area contributed by atoms with Crippen molar-refractivity contribution < 1.29 is 9.47 Å². The fourth-order valence-corrected chi connectivity index (χ4v) is 1.25. The Bertz CT molecular complexity index is 107. The third-order valence-electron chi connectivity index (χ3n) is 2.11. The first-order valence-electron chi connectivity index (χ1n) is 5.54. The number of allylic oxidation sites excluding steroid dienone is 2. The quantitative estimate of drug-likeness (QED) is 0.398. The maximum Gasteiger partial charge on any atom is 0.0462 e. The summed E-state index contributed by atoms with van der Waals surface area (Å²) in [5, 5.41) is 0. The van der Waals surface area contributed by atoms with Crippen molar-refractivity contribution in [2.75, 3.05) is 27.4 Å². The topological polar surface area (TPSA) is 18.5 Å². The van der Waals surface area contributed by atoms with E-state index in [-0.39, 0.29) is 0 Å². The molecule has 0 aliphatic heterocycles. The summed E-state index contributed by atoms with van der Waals surface area (Å²) in [7, 11) is 3.51. The second kappa shape index (κ2) is 12.7. The van der Waals surface area contributed by atoms with Gasteiger partial charge in [0.2, 0.25) is 0 Å². The van der Waals surface area contributed by atoms with Crippen LogP contribution in [-0.4, -0.2) is 27.4 Å². The molecule has 0 aliphatic rings. The molecule has 14 heavy (non-hydrogen) atoms. The zero-order chi connectivity index (χ0) is 10.5. The summed E-state index contributed by atoms with van der Waals surface area (Å²) in [6, 6.07) is 0. The molecule has 0 bridgehead atoms. The molecule has 0 heterocycles. The van der Waals surface area contributed by atoms with Crippen molar-refractivity contribution in [2.45, 2.75) is 38.5 Å². The second-order valence-corrected chi connectivity index (χ2v) is 3.45. The van der Waals surface area contributed by atoms with Crippen molar-refractivity contribution in [3.8, 4) is 0 Å². The molecule has 0 N–H and O–H groups in total. The van der Waals surface area contributed by atoms with Gasteiger partial charge in [-0.15, -0.1) is 0 Å². The highest BCUT2D eigenvalue weighted by atomic mass is 16.5. The summed E-state index contributed by atoms with van der Waals surface area (Å²) >= 11 is 0. The molecule has 0 aromatic rings. The average Bonchev–Trinajstić information content (AvgIpc) is 2.21. The van der Waals surface area contributed by atoms with Gasteiger partial charge in [-0.2, -0.15) is 0 Å². The van der Waals surface area contributed by atoms with E-state index in [0.29, 0.717) is 0 Å². The Labute approximate surface area is 88.3 Å². The van der Waals surface area contributed by atoms with Crippen LogP contribution in [0, 0.1) is 0 Å². The van der Waals surface area contributed by atoms with Crippen LogP contribution in [0.15, 0.2) is 12.2 Å². The summed E-state index contributed by atoms with van der Waals surface area (Å²) in [5.74, 6) is 0. The third kappa shape index (κ3) is 11.7. The highest BCUT2D eigenvalue weighted by molar-refractivity contribution is 4.81. The van der Waals surface area contributed by atoms with Gasteiger partial charge in [0, 0.05) is 27.4 Å². The Morgan fingerprint density at radius 3 is 1.50 bits per heavy atom. The predicted molar refractivity (Wildman–Crippen MR) is 60.6 cm³/mol. The van der Waals surface area contributed by atoms with Gasteiger partial charge in [0.05, 0.1) is 0 Å². The van der Waals surface area contributed by atoms with Crippen LogP contribution >= 0.6 is 0 Å².